The van der Waals surface area contributed by atoms with Gasteiger partial charge in [0.1, 0.15) is 18.0 Å². The van der Waals surface area contributed by atoms with E-state index in [0.717, 1.165) is 22.0 Å². The van der Waals surface area contributed by atoms with Crippen molar-refractivity contribution < 1.29 is 19.1 Å². The molecule has 0 unspecified atom stereocenters. The molecule has 7 heteroatoms. The predicted molar refractivity (Wildman–Crippen MR) is 138 cm³/mol. The SMILES string of the molecule is COc1cccc2[nH]c(C(=O)N3CC(=O)N(Cc4ccccc4)[C@@H](COCc4ccccc4)C3)cc12. The fourth-order valence-corrected chi connectivity index (χ4v) is 4.65. The third kappa shape index (κ3) is 5.11. The van der Waals surface area contributed by atoms with Crippen molar-refractivity contribution in [1.82, 2.24) is 14.8 Å². The maximum atomic E-state index is 13.5. The molecule has 1 atom stereocenters. The second-order valence-corrected chi connectivity index (χ2v) is 8.95. The van der Waals surface area contributed by atoms with Gasteiger partial charge in [0.05, 0.1) is 26.4 Å². The average Bonchev–Trinajstić information content (AvgIpc) is 3.36. The van der Waals surface area contributed by atoms with Crippen LogP contribution in [0.1, 0.15) is 21.6 Å². The van der Waals surface area contributed by atoms with Gasteiger partial charge < -0.3 is 24.3 Å². The van der Waals surface area contributed by atoms with Crippen LogP contribution in [0.25, 0.3) is 10.9 Å². The van der Waals surface area contributed by atoms with Crippen molar-refractivity contribution in [3.05, 3.63) is 102 Å². The summed E-state index contributed by atoms with van der Waals surface area (Å²) in [5.41, 5.74) is 3.35. The van der Waals surface area contributed by atoms with Crippen LogP contribution < -0.4 is 4.74 Å². The lowest BCUT2D eigenvalue weighted by Gasteiger charge is -2.41. The molecule has 3 aromatic carbocycles. The zero-order valence-corrected chi connectivity index (χ0v) is 20.2. The molecule has 1 aliphatic heterocycles. The normalized spacial score (nSPS) is 15.9. The quantitative estimate of drug-likeness (QED) is 0.407. The highest BCUT2D eigenvalue weighted by molar-refractivity contribution is 6.01. The summed E-state index contributed by atoms with van der Waals surface area (Å²) in [4.78, 5) is 33.4. The molecule has 1 aliphatic rings. The lowest BCUT2D eigenvalue weighted by Crippen LogP contribution is -2.58. The first-order chi connectivity index (χ1) is 17.6. The number of H-pyrrole nitrogens is 1. The predicted octanol–water partition coefficient (Wildman–Crippen LogP) is 4.25. The number of amides is 2. The monoisotopic (exact) mass is 483 g/mol. The summed E-state index contributed by atoms with van der Waals surface area (Å²) in [6.07, 6.45) is 0. The summed E-state index contributed by atoms with van der Waals surface area (Å²) >= 11 is 0. The van der Waals surface area contributed by atoms with E-state index >= 15 is 0 Å². The number of aromatic amines is 1. The zero-order chi connectivity index (χ0) is 24.9. The Morgan fingerprint density at radius 3 is 2.42 bits per heavy atom. The van der Waals surface area contributed by atoms with Gasteiger partial charge in [-0.05, 0) is 29.3 Å². The van der Waals surface area contributed by atoms with Gasteiger partial charge in [-0.1, -0.05) is 66.7 Å². The van der Waals surface area contributed by atoms with E-state index in [2.05, 4.69) is 4.98 Å². The number of nitrogens with zero attached hydrogens (tertiary/aromatic N) is 2. The zero-order valence-electron chi connectivity index (χ0n) is 20.2. The Balaban J connectivity index is 1.35. The number of carbonyl (C=O) groups is 2. The molecule has 0 spiro atoms. The van der Waals surface area contributed by atoms with Crippen molar-refractivity contribution in [3.63, 3.8) is 0 Å². The second-order valence-electron chi connectivity index (χ2n) is 8.95. The topological polar surface area (TPSA) is 74.9 Å². The third-order valence-corrected chi connectivity index (χ3v) is 6.50. The standard InChI is InChI=1S/C29H29N3O4/c1-35-27-14-8-13-25-24(27)15-26(30-25)29(34)31-17-23(20-36-19-22-11-6-3-7-12-22)32(28(33)18-31)16-21-9-4-2-5-10-21/h2-15,23,30H,16-20H2,1H3/t23-/m1/s1. The molecule has 1 aromatic heterocycles. The smallest absolute Gasteiger partial charge is 0.270 e. The van der Waals surface area contributed by atoms with E-state index < -0.39 is 0 Å². The summed E-state index contributed by atoms with van der Waals surface area (Å²) in [6, 6.07) is 27.0. The summed E-state index contributed by atoms with van der Waals surface area (Å²) < 4.78 is 11.5. The number of hydrogen-bond acceptors (Lipinski definition) is 4. The van der Waals surface area contributed by atoms with Gasteiger partial charge in [-0.15, -0.1) is 0 Å². The largest absolute Gasteiger partial charge is 0.496 e. The Morgan fingerprint density at radius 2 is 1.69 bits per heavy atom. The van der Waals surface area contributed by atoms with Crippen LogP contribution in [0.4, 0.5) is 0 Å². The second kappa shape index (κ2) is 10.7. The van der Waals surface area contributed by atoms with Crippen LogP contribution in [-0.2, 0) is 22.7 Å². The van der Waals surface area contributed by atoms with Crippen molar-refractivity contribution in [2.24, 2.45) is 0 Å². The molecule has 2 heterocycles. The van der Waals surface area contributed by atoms with Crippen molar-refractivity contribution >= 4 is 22.7 Å². The van der Waals surface area contributed by atoms with Crippen LogP contribution >= 0.6 is 0 Å². The molecular formula is C29H29N3O4. The molecule has 0 radical (unpaired) electrons. The first-order valence-electron chi connectivity index (χ1n) is 12.0. The van der Waals surface area contributed by atoms with Gasteiger partial charge in [0, 0.05) is 24.0 Å². The molecule has 7 nitrogen and oxygen atoms in total. The van der Waals surface area contributed by atoms with E-state index in [1.54, 1.807) is 18.1 Å². The van der Waals surface area contributed by atoms with Crippen LogP contribution in [0.2, 0.25) is 0 Å². The van der Waals surface area contributed by atoms with Crippen LogP contribution in [-0.4, -0.2) is 59.4 Å². The molecule has 1 fully saturated rings. The number of rotatable bonds is 8. The van der Waals surface area contributed by atoms with Crippen molar-refractivity contribution in [3.8, 4) is 5.75 Å². The van der Waals surface area contributed by atoms with Crippen molar-refractivity contribution in [2.75, 3.05) is 26.8 Å². The van der Waals surface area contributed by atoms with Gasteiger partial charge in [0.2, 0.25) is 5.91 Å². The highest BCUT2D eigenvalue weighted by Gasteiger charge is 2.35. The van der Waals surface area contributed by atoms with Gasteiger partial charge in [-0.3, -0.25) is 9.59 Å². The third-order valence-electron chi connectivity index (χ3n) is 6.50. The minimum atomic E-state index is -0.266. The molecule has 0 bridgehead atoms. The Bertz CT molecular complexity index is 1340. The van der Waals surface area contributed by atoms with Crippen molar-refractivity contribution in [2.45, 2.75) is 19.2 Å². The van der Waals surface area contributed by atoms with Gasteiger partial charge in [-0.25, -0.2) is 0 Å². The number of piperazine rings is 1. The van der Waals surface area contributed by atoms with Crippen LogP contribution in [0, 0.1) is 0 Å². The van der Waals surface area contributed by atoms with E-state index in [1.807, 2.05) is 83.8 Å². The lowest BCUT2D eigenvalue weighted by molar-refractivity contribution is -0.141. The summed E-state index contributed by atoms with van der Waals surface area (Å²) in [5, 5.41) is 0.833. The number of aromatic nitrogens is 1. The molecule has 36 heavy (non-hydrogen) atoms. The minimum absolute atomic E-state index is 0.0212. The summed E-state index contributed by atoms with van der Waals surface area (Å²) in [5.74, 6) is 0.383. The molecule has 184 valence electrons. The summed E-state index contributed by atoms with van der Waals surface area (Å²) in [7, 11) is 1.61. The Labute approximate surface area is 210 Å². The molecule has 5 rings (SSSR count). The maximum absolute atomic E-state index is 13.5. The van der Waals surface area contributed by atoms with E-state index in [4.69, 9.17) is 9.47 Å². The first kappa shape index (κ1) is 23.6. The number of fused-ring (bicyclic) bond motifs is 1. The molecule has 1 saturated heterocycles. The number of ether oxygens (including phenoxy) is 2. The first-order valence-corrected chi connectivity index (χ1v) is 12.0. The van der Waals surface area contributed by atoms with E-state index in [0.29, 0.717) is 37.7 Å². The number of carbonyl (C=O) groups excluding carboxylic acids is 2. The number of nitrogens with one attached hydrogen (secondary N) is 1. The van der Waals surface area contributed by atoms with Crippen LogP contribution in [0.15, 0.2) is 84.9 Å². The highest BCUT2D eigenvalue weighted by atomic mass is 16.5. The van der Waals surface area contributed by atoms with E-state index in [9.17, 15) is 9.59 Å². The number of methoxy groups -OCH3 is 1. The Kier molecular flexibility index (Phi) is 7.00. The summed E-state index contributed by atoms with van der Waals surface area (Å²) in [6.45, 7) is 1.66. The number of benzene rings is 3. The molecule has 4 aromatic rings. The fraction of sp³-hybridized carbons (Fsp3) is 0.241. The van der Waals surface area contributed by atoms with E-state index in [1.165, 1.54) is 0 Å². The van der Waals surface area contributed by atoms with Crippen LogP contribution in [0.5, 0.6) is 5.75 Å². The highest BCUT2D eigenvalue weighted by Crippen LogP contribution is 2.27. The lowest BCUT2D eigenvalue weighted by atomic mass is 10.1. The van der Waals surface area contributed by atoms with Gasteiger partial charge in [0.15, 0.2) is 0 Å². The maximum Gasteiger partial charge on any atom is 0.270 e. The molecule has 1 N–H and O–H groups in total. The van der Waals surface area contributed by atoms with E-state index in [-0.39, 0.29) is 24.4 Å². The van der Waals surface area contributed by atoms with Gasteiger partial charge in [-0.2, -0.15) is 0 Å². The molecule has 0 aliphatic carbocycles. The molecule has 2 amide bonds. The Hall–Kier alpha value is -4.10. The fourth-order valence-electron chi connectivity index (χ4n) is 4.65. The van der Waals surface area contributed by atoms with Gasteiger partial charge >= 0.3 is 0 Å². The van der Waals surface area contributed by atoms with Gasteiger partial charge in [0.25, 0.3) is 5.91 Å². The number of hydrogen-bond donors (Lipinski definition) is 1. The van der Waals surface area contributed by atoms with Crippen LogP contribution in [0.3, 0.4) is 0 Å². The average molecular weight is 484 g/mol. The Morgan fingerprint density at radius 1 is 0.972 bits per heavy atom. The molecule has 0 saturated carbocycles. The minimum Gasteiger partial charge on any atom is -0.496 e. The molecular weight excluding hydrogens is 454 g/mol. The van der Waals surface area contributed by atoms with Crippen molar-refractivity contribution in [1.29, 1.82) is 0 Å².